The molecular formula is C13H16BrNO5S. The molecule has 0 aliphatic rings. The van der Waals surface area contributed by atoms with E-state index in [-0.39, 0.29) is 10.5 Å². The van der Waals surface area contributed by atoms with Crippen molar-refractivity contribution in [3.8, 4) is 0 Å². The molecule has 116 valence electrons. The maximum atomic E-state index is 12.3. The Morgan fingerprint density at radius 1 is 1.24 bits per heavy atom. The third-order valence-electron chi connectivity index (χ3n) is 2.94. The van der Waals surface area contributed by atoms with Crippen LogP contribution >= 0.6 is 15.9 Å². The summed E-state index contributed by atoms with van der Waals surface area (Å²) in [6.07, 6.45) is 0. The molecule has 1 N–H and O–H groups in total. The molecule has 1 aromatic carbocycles. The molecule has 0 heterocycles. The molecule has 21 heavy (non-hydrogen) atoms. The maximum absolute atomic E-state index is 12.3. The van der Waals surface area contributed by atoms with Gasteiger partial charge in [-0.25, -0.2) is 13.2 Å². The molecular weight excluding hydrogens is 362 g/mol. The van der Waals surface area contributed by atoms with Gasteiger partial charge in [-0.1, -0.05) is 15.9 Å². The number of nitrogens with zero attached hydrogens (tertiary/aromatic N) is 1. The van der Waals surface area contributed by atoms with E-state index in [1.165, 1.54) is 23.1 Å². The molecule has 0 unspecified atom stereocenters. The summed E-state index contributed by atoms with van der Waals surface area (Å²) in [4.78, 5) is 24.1. The number of carbonyl (C=O) groups excluding carboxylic acids is 1. The number of benzene rings is 1. The van der Waals surface area contributed by atoms with Crippen molar-refractivity contribution >= 4 is 37.6 Å². The number of aromatic carboxylic acids is 1. The first-order valence-electron chi connectivity index (χ1n) is 6.26. The van der Waals surface area contributed by atoms with E-state index in [0.717, 1.165) is 0 Å². The number of carboxylic acid groups (broad SMARTS) is 1. The van der Waals surface area contributed by atoms with Crippen molar-refractivity contribution in [3.63, 3.8) is 0 Å². The van der Waals surface area contributed by atoms with E-state index in [1.807, 2.05) is 0 Å². The third-order valence-corrected chi connectivity index (χ3v) is 5.07. The molecule has 1 aromatic rings. The van der Waals surface area contributed by atoms with Crippen molar-refractivity contribution < 1.29 is 23.1 Å². The number of rotatable bonds is 6. The summed E-state index contributed by atoms with van der Waals surface area (Å²) in [7, 11) is -4.02. The van der Waals surface area contributed by atoms with Crippen LogP contribution in [0.5, 0.6) is 0 Å². The Morgan fingerprint density at radius 2 is 1.81 bits per heavy atom. The van der Waals surface area contributed by atoms with E-state index >= 15 is 0 Å². The maximum Gasteiger partial charge on any atom is 0.337 e. The molecule has 0 saturated heterocycles. The first kappa shape index (κ1) is 17.6. The fraction of sp³-hybridized carbons (Fsp3) is 0.385. The SMILES string of the molecule is CCN(CC)C(=O)CS(=O)(=O)c1cc(Br)ccc1C(=O)O. The lowest BCUT2D eigenvalue weighted by Gasteiger charge is -2.18. The predicted molar refractivity (Wildman–Crippen MR) is 81.1 cm³/mol. The van der Waals surface area contributed by atoms with Crippen LogP contribution in [-0.4, -0.2) is 49.1 Å². The van der Waals surface area contributed by atoms with Crippen molar-refractivity contribution in [2.45, 2.75) is 18.7 Å². The minimum atomic E-state index is -4.02. The Labute approximate surface area is 131 Å². The molecule has 0 bridgehead atoms. The molecule has 1 rings (SSSR count). The van der Waals surface area contributed by atoms with Gasteiger partial charge in [-0.15, -0.1) is 0 Å². The topological polar surface area (TPSA) is 91.8 Å². The summed E-state index contributed by atoms with van der Waals surface area (Å²) < 4.78 is 25.1. The van der Waals surface area contributed by atoms with E-state index < -0.39 is 27.5 Å². The van der Waals surface area contributed by atoms with E-state index in [9.17, 15) is 18.0 Å². The lowest BCUT2D eigenvalue weighted by molar-refractivity contribution is -0.128. The molecule has 0 fully saturated rings. The van der Waals surface area contributed by atoms with Gasteiger partial charge in [0.15, 0.2) is 9.84 Å². The smallest absolute Gasteiger partial charge is 0.337 e. The summed E-state index contributed by atoms with van der Waals surface area (Å²) >= 11 is 3.11. The number of hydrogen-bond donors (Lipinski definition) is 1. The first-order chi connectivity index (χ1) is 9.72. The van der Waals surface area contributed by atoms with Crippen molar-refractivity contribution in [1.82, 2.24) is 4.90 Å². The van der Waals surface area contributed by atoms with E-state index in [2.05, 4.69) is 15.9 Å². The number of halogens is 1. The highest BCUT2D eigenvalue weighted by Crippen LogP contribution is 2.22. The van der Waals surface area contributed by atoms with Gasteiger partial charge in [0.05, 0.1) is 10.5 Å². The van der Waals surface area contributed by atoms with Crippen LogP contribution in [0.1, 0.15) is 24.2 Å². The molecule has 0 aliphatic heterocycles. The molecule has 6 nitrogen and oxygen atoms in total. The zero-order chi connectivity index (χ0) is 16.2. The Hall–Kier alpha value is -1.41. The van der Waals surface area contributed by atoms with Gasteiger partial charge in [-0.3, -0.25) is 4.79 Å². The predicted octanol–water partition coefficient (Wildman–Crippen LogP) is 1.79. The van der Waals surface area contributed by atoms with Crippen LogP contribution in [0.4, 0.5) is 0 Å². The van der Waals surface area contributed by atoms with Crippen molar-refractivity contribution in [1.29, 1.82) is 0 Å². The number of hydrogen-bond acceptors (Lipinski definition) is 4. The standard InChI is InChI=1S/C13H16BrNO5S/c1-3-15(4-2)12(16)8-21(19,20)11-7-9(14)5-6-10(11)13(17)18/h5-7H,3-4,8H2,1-2H3,(H,17,18). The summed E-state index contributed by atoms with van der Waals surface area (Å²) in [5, 5.41) is 9.08. The highest BCUT2D eigenvalue weighted by Gasteiger charge is 2.27. The van der Waals surface area contributed by atoms with Gasteiger partial charge in [0, 0.05) is 17.6 Å². The average molecular weight is 378 g/mol. The minimum absolute atomic E-state index is 0.342. The lowest BCUT2D eigenvalue weighted by Crippen LogP contribution is -2.35. The molecule has 0 radical (unpaired) electrons. The third kappa shape index (κ3) is 4.28. The van der Waals surface area contributed by atoms with Gasteiger partial charge in [0.2, 0.25) is 5.91 Å². The zero-order valence-electron chi connectivity index (χ0n) is 11.7. The Balaban J connectivity index is 3.22. The highest BCUT2D eigenvalue weighted by molar-refractivity contribution is 9.10. The monoisotopic (exact) mass is 377 g/mol. The molecule has 1 amide bonds. The molecule has 8 heteroatoms. The summed E-state index contributed by atoms with van der Waals surface area (Å²) in [6.45, 7) is 4.29. The summed E-state index contributed by atoms with van der Waals surface area (Å²) in [5.74, 6) is -2.64. The lowest BCUT2D eigenvalue weighted by atomic mass is 10.2. The molecule has 0 spiro atoms. The first-order valence-corrected chi connectivity index (χ1v) is 8.70. The molecule has 0 atom stereocenters. The Bertz CT molecular complexity index is 653. The van der Waals surface area contributed by atoms with Gasteiger partial charge < -0.3 is 10.0 Å². The number of carboxylic acids is 1. The number of amides is 1. The van der Waals surface area contributed by atoms with E-state index in [0.29, 0.717) is 17.6 Å². The van der Waals surface area contributed by atoms with E-state index in [4.69, 9.17) is 5.11 Å². The average Bonchev–Trinajstić information content (AvgIpc) is 2.39. The summed E-state index contributed by atoms with van der Waals surface area (Å²) in [6, 6.07) is 3.84. The molecule has 0 aromatic heterocycles. The number of sulfone groups is 1. The van der Waals surface area contributed by atoms with Crippen LogP contribution in [0.3, 0.4) is 0 Å². The molecule has 0 aliphatic carbocycles. The van der Waals surface area contributed by atoms with Crippen LogP contribution in [0.15, 0.2) is 27.6 Å². The highest BCUT2D eigenvalue weighted by atomic mass is 79.9. The second kappa shape index (κ2) is 7.04. The molecule has 0 saturated carbocycles. The van der Waals surface area contributed by atoms with Crippen LogP contribution in [0.2, 0.25) is 0 Å². The van der Waals surface area contributed by atoms with Crippen LogP contribution < -0.4 is 0 Å². The van der Waals surface area contributed by atoms with Gasteiger partial charge in [-0.2, -0.15) is 0 Å². The van der Waals surface area contributed by atoms with E-state index in [1.54, 1.807) is 13.8 Å². The Morgan fingerprint density at radius 3 is 2.29 bits per heavy atom. The van der Waals surface area contributed by atoms with Crippen molar-refractivity contribution in [2.24, 2.45) is 0 Å². The summed E-state index contributed by atoms with van der Waals surface area (Å²) in [5.41, 5.74) is -0.342. The van der Waals surface area contributed by atoms with Gasteiger partial charge in [0.25, 0.3) is 0 Å². The van der Waals surface area contributed by atoms with Crippen LogP contribution in [-0.2, 0) is 14.6 Å². The second-order valence-electron chi connectivity index (χ2n) is 4.27. The second-order valence-corrected chi connectivity index (χ2v) is 7.14. The number of carbonyl (C=O) groups is 2. The largest absolute Gasteiger partial charge is 0.478 e. The Kier molecular flexibility index (Phi) is 5.91. The van der Waals surface area contributed by atoms with Crippen molar-refractivity contribution in [3.05, 3.63) is 28.2 Å². The van der Waals surface area contributed by atoms with Crippen molar-refractivity contribution in [2.75, 3.05) is 18.8 Å². The fourth-order valence-corrected chi connectivity index (χ4v) is 3.81. The minimum Gasteiger partial charge on any atom is -0.478 e. The van der Waals surface area contributed by atoms with Gasteiger partial charge >= 0.3 is 5.97 Å². The zero-order valence-corrected chi connectivity index (χ0v) is 14.1. The van der Waals surface area contributed by atoms with Gasteiger partial charge in [-0.05, 0) is 32.0 Å². The normalized spacial score (nSPS) is 11.2. The van der Waals surface area contributed by atoms with Gasteiger partial charge in [0.1, 0.15) is 5.75 Å². The quantitative estimate of drug-likeness (QED) is 0.815. The van der Waals surface area contributed by atoms with Crippen LogP contribution in [0.25, 0.3) is 0 Å². The fourth-order valence-electron chi connectivity index (χ4n) is 1.84. The van der Waals surface area contributed by atoms with Crippen LogP contribution in [0, 0.1) is 0 Å².